The van der Waals surface area contributed by atoms with Gasteiger partial charge in [0.25, 0.3) is 0 Å². The van der Waals surface area contributed by atoms with E-state index in [9.17, 15) is 4.39 Å². The molecule has 1 aliphatic heterocycles. The molecule has 0 unspecified atom stereocenters. The van der Waals surface area contributed by atoms with Crippen molar-refractivity contribution in [1.29, 1.82) is 0 Å². The highest BCUT2D eigenvalue weighted by Gasteiger charge is 2.20. The van der Waals surface area contributed by atoms with E-state index in [0.29, 0.717) is 11.7 Å². The molecule has 1 aromatic carbocycles. The zero-order valence-electron chi connectivity index (χ0n) is 11.3. The molecule has 1 heterocycles. The highest BCUT2D eigenvalue weighted by molar-refractivity contribution is 5.33. The normalized spacial score (nSPS) is 21.7. The van der Waals surface area contributed by atoms with Gasteiger partial charge in [-0.15, -0.1) is 0 Å². The summed E-state index contributed by atoms with van der Waals surface area (Å²) in [4.78, 5) is 0. The Kier molecular flexibility index (Phi) is 4.02. The molecule has 0 spiro atoms. The maximum Gasteiger partial charge on any atom is 0.165 e. The van der Waals surface area contributed by atoms with E-state index in [1.807, 2.05) is 12.1 Å². The van der Waals surface area contributed by atoms with E-state index < -0.39 is 0 Å². The SMILES string of the molecule is Fc1ccc(C2CCNCC2)cc1OC1CCCC1. The first-order valence-corrected chi connectivity index (χ1v) is 7.50. The van der Waals surface area contributed by atoms with E-state index in [1.54, 1.807) is 6.07 Å². The number of halogens is 1. The average molecular weight is 263 g/mol. The minimum Gasteiger partial charge on any atom is -0.487 e. The molecule has 2 aliphatic rings. The molecule has 1 aliphatic carbocycles. The van der Waals surface area contributed by atoms with Crippen LogP contribution in [0.5, 0.6) is 5.75 Å². The van der Waals surface area contributed by atoms with Crippen LogP contribution in [0.1, 0.15) is 50.0 Å². The lowest BCUT2D eigenvalue weighted by atomic mass is 9.90. The second kappa shape index (κ2) is 5.91. The lowest BCUT2D eigenvalue weighted by Crippen LogP contribution is -2.26. The lowest BCUT2D eigenvalue weighted by molar-refractivity contribution is 0.200. The van der Waals surface area contributed by atoms with Crippen LogP contribution in [-0.4, -0.2) is 19.2 Å². The third-order valence-corrected chi connectivity index (χ3v) is 4.36. The van der Waals surface area contributed by atoms with Gasteiger partial charge in [0.2, 0.25) is 0 Å². The summed E-state index contributed by atoms with van der Waals surface area (Å²) in [6.45, 7) is 2.11. The second-order valence-electron chi connectivity index (χ2n) is 5.74. The first-order valence-electron chi connectivity index (χ1n) is 7.50. The van der Waals surface area contributed by atoms with Gasteiger partial charge < -0.3 is 10.1 Å². The predicted molar refractivity (Wildman–Crippen MR) is 74.1 cm³/mol. The average Bonchev–Trinajstić information content (AvgIpc) is 2.95. The molecule has 1 aromatic rings. The first kappa shape index (κ1) is 12.9. The summed E-state index contributed by atoms with van der Waals surface area (Å²) in [5.74, 6) is 0.792. The van der Waals surface area contributed by atoms with Crippen LogP contribution in [0.3, 0.4) is 0 Å². The summed E-state index contributed by atoms with van der Waals surface area (Å²) in [6.07, 6.45) is 7.04. The summed E-state index contributed by atoms with van der Waals surface area (Å²) >= 11 is 0. The molecule has 1 saturated heterocycles. The minimum atomic E-state index is -0.218. The van der Waals surface area contributed by atoms with Crippen molar-refractivity contribution in [3.05, 3.63) is 29.6 Å². The number of rotatable bonds is 3. The van der Waals surface area contributed by atoms with Crippen molar-refractivity contribution in [1.82, 2.24) is 5.32 Å². The summed E-state index contributed by atoms with van der Waals surface area (Å²) < 4.78 is 19.7. The third kappa shape index (κ3) is 3.08. The van der Waals surface area contributed by atoms with Gasteiger partial charge in [-0.1, -0.05) is 6.07 Å². The highest BCUT2D eigenvalue weighted by Crippen LogP contribution is 2.31. The molecule has 19 heavy (non-hydrogen) atoms. The molecule has 0 bridgehead atoms. The van der Waals surface area contributed by atoms with Crippen molar-refractivity contribution < 1.29 is 9.13 Å². The van der Waals surface area contributed by atoms with Crippen LogP contribution in [0.25, 0.3) is 0 Å². The molecular weight excluding hydrogens is 241 g/mol. The van der Waals surface area contributed by atoms with E-state index in [2.05, 4.69) is 5.32 Å². The topological polar surface area (TPSA) is 21.3 Å². The summed E-state index contributed by atoms with van der Waals surface area (Å²) in [5, 5.41) is 3.36. The van der Waals surface area contributed by atoms with E-state index in [0.717, 1.165) is 38.8 Å². The van der Waals surface area contributed by atoms with E-state index >= 15 is 0 Å². The van der Waals surface area contributed by atoms with E-state index in [1.165, 1.54) is 18.4 Å². The number of benzene rings is 1. The largest absolute Gasteiger partial charge is 0.487 e. The second-order valence-corrected chi connectivity index (χ2v) is 5.74. The van der Waals surface area contributed by atoms with Crippen LogP contribution < -0.4 is 10.1 Å². The Bertz CT molecular complexity index is 423. The molecule has 2 fully saturated rings. The van der Waals surface area contributed by atoms with Gasteiger partial charge in [-0.3, -0.25) is 0 Å². The molecule has 0 radical (unpaired) electrons. The van der Waals surface area contributed by atoms with Gasteiger partial charge in [0.1, 0.15) is 0 Å². The number of piperidine rings is 1. The zero-order valence-corrected chi connectivity index (χ0v) is 11.3. The van der Waals surface area contributed by atoms with Crippen molar-refractivity contribution in [2.45, 2.75) is 50.5 Å². The Morgan fingerprint density at radius 3 is 2.53 bits per heavy atom. The van der Waals surface area contributed by atoms with Crippen molar-refractivity contribution in [2.75, 3.05) is 13.1 Å². The first-order chi connectivity index (χ1) is 9.33. The third-order valence-electron chi connectivity index (χ3n) is 4.36. The van der Waals surface area contributed by atoms with Gasteiger partial charge in [0.15, 0.2) is 11.6 Å². The molecule has 1 saturated carbocycles. The summed E-state index contributed by atoms with van der Waals surface area (Å²) in [5.41, 5.74) is 1.23. The monoisotopic (exact) mass is 263 g/mol. The van der Waals surface area contributed by atoms with Gasteiger partial charge in [0.05, 0.1) is 6.10 Å². The number of nitrogens with one attached hydrogen (secondary N) is 1. The Morgan fingerprint density at radius 2 is 1.79 bits per heavy atom. The van der Waals surface area contributed by atoms with Crippen LogP contribution >= 0.6 is 0 Å². The molecule has 0 amide bonds. The standard InChI is InChI=1S/C16H22FNO/c17-15-6-5-13(12-7-9-18-10-8-12)11-16(15)19-14-3-1-2-4-14/h5-6,11-12,14,18H,1-4,7-10H2. The minimum absolute atomic E-state index is 0.218. The zero-order chi connectivity index (χ0) is 13.1. The molecule has 2 nitrogen and oxygen atoms in total. The van der Waals surface area contributed by atoms with Crippen LogP contribution in [0, 0.1) is 5.82 Å². The van der Waals surface area contributed by atoms with Crippen molar-refractivity contribution >= 4 is 0 Å². The molecular formula is C16H22FNO. The highest BCUT2D eigenvalue weighted by atomic mass is 19.1. The summed E-state index contributed by atoms with van der Waals surface area (Å²) in [7, 11) is 0. The van der Waals surface area contributed by atoms with Crippen molar-refractivity contribution in [3.8, 4) is 5.75 Å². The van der Waals surface area contributed by atoms with Gasteiger partial charge in [-0.2, -0.15) is 0 Å². The van der Waals surface area contributed by atoms with Gasteiger partial charge >= 0.3 is 0 Å². The van der Waals surface area contributed by atoms with Gasteiger partial charge in [-0.25, -0.2) is 4.39 Å². The fourth-order valence-electron chi connectivity index (χ4n) is 3.21. The molecule has 0 aromatic heterocycles. The Labute approximate surface area is 114 Å². The van der Waals surface area contributed by atoms with Gasteiger partial charge in [-0.05, 0) is 75.2 Å². The molecule has 3 rings (SSSR count). The van der Waals surface area contributed by atoms with E-state index in [4.69, 9.17) is 4.74 Å². The number of hydrogen-bond donors (Lipinski definition) is 1. The Balaban J connectivity index is 1.74. The fraction of sp³-hybridized carbons (Fsp3) is 0.625. The molecule has 1 N–H and O–H groups in total. The fourth-order valence-corrected chi connectivity index (χ4v) is 3.21. The number of ether oxygens (including phenoxy) is 1. The smallest absolute Gasteiger partial charge is 0.165 e. The van der Waals surface area contributed by atoms with Crippen LogP contribution in [0.15, 0.2) is 18.2 Å². The van der Waals surface area contributed by atoms with Crippen LogP contribution in [0.4, 0.5) is 4.39 Å². The maximum atomic E-state index is 13.9. The molecule has 0 atom stereocenters. The van der Waals surface area contributed by atoms with Crippen molar-refractivity contribution in [3.63, 3.8) is 0 Å². The Hall–Kier alpha value is -1.09. The lowest BCUT2D eigenvalue weighted by Gasteiger charge is -2.24. The van der Waals surface area contributed by atoms with Crippen molar-refractivity contribution in [2.24, 2.45) is 0 Å². The van der Waals surface area contributed by atoms with Gasteiger partial charge in [0, 0.05) is 0 Å². The van der Waals surface area contributed by atoms with Crippen LogP contribution in [0.2, 0.25) is 0 Å². The predicted octanol–water partition coefficient (Wildman–Crippen LogP) is 3.61. The maximum absolute atomic E-state index is 13.9. The Morgan fingerprint density at radius 1 is 1.05 bits per heavy atom. The molecule has 104 valence electrons. The van der Waals surface area contributed by atoms with Crippen LogP contribution in [-0.2, 0) is 0 Å². The number of hydrogen-bond acceptors (Lipinski definition) is 2. The quantitative estimate of drug-likeness (QED) is 0.899. The summed E-state index contributed by atoms with van der Waals surface area (Å²) in [6, 6.07) is 5.43. The molecule has 3 heteroatoms. The van der Waals surface area contributed by atoms with E-state index in [-0.39, 0.29) is 11.9 Å².